The highest BCUT2D eigenvalue weighted by molar-refractivity contribution is 4.73. The summed E-state index contributed by atoms with van der Waals surface area (Å²) in [5.41, 5.74) is 0. The van der Waals surface area contributed by atoms with Crippen molar-refractivity contribution in [3.63, 3.8) is 0 Å². The fourth-order valence-electron chi connectivity index (χ4n) is 2.45. The van der Waals surface area contributed by atoms with Crippen LogP contribution in [0.25, 0.3) is 0 Å². The second-order valence-electron chi connectivity index (χ2n) is 5.24. The van der Waals surface area contributed by atoms with Gasteiger partial charge < -0.3 is 10.2 Å². The number of nitrogens with one attached hydrogen (secondary N) is 1. The number of likely N-dealkylation sites (tertiary alicyclic amines) is 1. The topological polar surface area (TPSA) is 15.3 Å². The lowest BCUT2D eigenvalue weighted by Gasteiger charge is -2.26. The zero-order valence-corrected chi connectivity index (χ0v) is 10.0. The molecule has 2 rings (SSSR count). The van der Waals surface area contributed by atoms with Gasteiger partial charge in [0.05, 0.1) is 0 Å². The van der Waals surface area contributed by atoms with Crippen LogP contribution in [-0.4, -0.2) is 37.6 Å². The highest BCUT2D eigenvalue weighted by Gasteiger charge is 2.19. The third-order valence-electron chi connectivity index (χ3n) is 3.70. The number of nitrogens with zero attached hydrogens (tertiary/aromatic N) is 1. The first kappa shape index (κ1) is 11.4. The fraction of sp³-hybridized carbons (Fsp3) is 1.00. The van der Waals surface area contributed by atoms with E-state index in [1.54, 1.807) is 0 Å². The molecule has 0 aromatic carbocycles. The summed E-state index contributed by atoms with van der Waals surface area (Å²) in [6, 6.07) is 0. The molecule has 2 heteroatoms. The van der Waals surface area contributed by atoms with Crippen LogP contribution in [0, 0.1) is 5.92 Å². The van der Waals surface area contributed by atoms with Crippen molar-refractivity contribution in [2.24, 2.45) is 5.92 Å². The van der Waals surface area contributed by atoms with Crippen LogP contribution in [-0.2, 0) is 0 Å². The van der Waals surface area contributed by atoms with Gasteiger partial charge in [-0.05, 0) is 64.3 Å². The summed E-state index contributed by atoms with van der Waals surface area (Å²) in [4.78, 5) is 2.63. The molecule has 15 heavy (non-hydrogen) atoms. The minimum atomic E-state index is 1.08. The van der Waals surface area contributed by atoms with E-state index in [-0.39, 0.29) is 0 Å². The Morgan fingerprint density at radius 2 is 1.80 bits per heavy atom. The number of hydrogen-bond acceptors (Lipinski definition) is 2. The molecule has 2 nitrogen and oxygen atoms in total. The predicted octanol–water partition coefficient (Wildman–Crippen LogP) is 2.25. The molecule has 1 saturated heterocycles. The van der Waals surface area contributed by atoms with Crippen LogP contribution in [0.15, 0.2) is 0 Å². The Morgan fingerprint density at radius 1 is 1.00 bits per heavy atom. The second-order valence-corrected chi connectivity index (χ2v) is 5.24. The SMILES string of the molecule is C1CCN(CCCNCCC2CC2)CC1. The van der Waals surface area contributed by atoms with Gasteiger partial charge in [0.1, 0.15) is 0 Å². The van der Waals surface area contributed by atoms with E-state index in [4.69, 9.17) is 0 Å². The molecule has 1 aliphatic carbocycles. The summed E-state index contributed by atoms with van der Waals surface area (Å²) in [5, 5.41) is 3.57. The summed E-state index contributed by atoms with van der Waals surface area (Å²) in [7, 11) is 0. The van der Waals surface area contributed by atoms with Gasteiger partial charge in [-0.2, -0.15) is 0 Å². The van der Waals surface area contributed by atoms with E-state index in [1.165, 1.54) is 77.7 Å². The number of piperidine rings is 1. The maximum absolute atomic E-state index is 3.57. The van der Waals surface area contributed by atoms with E-state index in [0.717, 1.165) is 5.92 Å². The zero-order chi connectivity index (χ0) is 10.3. The quantitative estimate of drug-likeness (QED) is 0.648. The molecule has 0 atom stereocenters. The first-order valence-corrected chi connectivity index (χ1v) is 6.88. The Bertz CT molecular complexity index is 160. The van der Waals surface area contributed by atoms with Crippen molar-refractivity contribution in [2.45, 2.75) is 44.9 Å². The zero-order valence-electron chi connectivity index (χ0n) is 10.0. The molecule has 0 aromatic heterocycles. The predicted molar refractivity (Wildman–Crippen MR) is 65.1 cm³/mol. The van der Waals surface area contributed by atoms with E-state index in [9.17, 15) is 0 Å². The van der Waals surface area contributed by atoms with Crippen LogP contribution >= 0.6 is 0 Å². The average molecular weight is 210 g/mol. The Kier molecular flexibility index (Phi) is 4.94. The minimum Gasteiger partial charge on any atom is -0.317 e. The summed E-state index contributed by atoms with van der Waals surface area (Å²) in [6.45, 7) is 6.49. The van der Waals surface area contributed by atoms with Gasteiger partial charge >= 0.3 is 0 Å². The summed E-state index contributed by atoms with van der Waals surface area (Å²) >= 11 is 0. The average Bonchev–Trinajstić information content (AvgIpc) is 3.09. The largest absolute Gasteiger partial charge is 0.317 e. The summed E-state index contributed by atoms with van der Waals surface area (Å²) in [6.07, 6.45) is 10.1. The maximum atomic E-state index is 3.57. The highest BCUT2D eigenvalue weighted by Crippen LogP contribution is 2.31. The Morgan fingerprint density at radius 3 is 2.53 bits per heavy atom. The normalized spacial score (nSPS) is 23.2. The van der Waals surface area contributed by atoms with E-state index in [0.29, 0.717) is 0 Å². The molecular formula is C13H26N2. The van der Waals surface area contributed by atoms with Gasteiger partial charge in [-0.25, -0.2) is 0 Å². The third-order valence-corrected chi connectivity index (χ3v) is 3.70. The van der Waals surface area contributed by atoms with Crippen molar-refractivity contribution in [3.05, 3.63) is 0 Å². The van der Waals surface area contributed by atoms with Crippen molar-refractivity contribution < 1.29 is 0 Å². The first-order valence-electron chi connectivity index (χ1n) is 6.88. The van der Waals surface area contributed by atoms with Gasteiger partial charge in [0.2, 0.25) is 0 Å². The molecule has 0 amide bonds. The molecule has 0 aromatic rings. The summed E-state index contributed by atoms with van der Waals surface area (Å²) < 4.78 is 0. The van der Waals surface area contributed by atoms with E-state index >= 15 is 0 Å². The molecule has 0 spiro atoms. The maximum Gasteiger partial charge on any atom is -0.000664 e. The van der Waals surface area contributed by atoms with Crippen LogP contribution in [0.1, 0.15) is 44.9 Å². The number of rotatable bonds is 7. The smallest absolute Gasteiger partial charge is 0.000664 e. The fourth-order valence-corrected chi connectivity index (χ4v) is 2.45. The van der Waals surface area contributed by atoms with Gasteiger partial charge in [0, 0.05) is 0 Å². The minimum absolute atomic E-state index is 1.08. The molecule has 88 valence electrons. The van der Waals surface area contributed by atoms with Gasteiger partial charge in [-0.1, -0.05) is 19.3 Å². The molecule has 1 heterocycles. The monoisotopic (exact) mass is 210 g/mol. The van der Waals surface area contributed by atoms with E-state index < -0.39 is 0 Å². The lowest BCUT2D eigenvalue weighted by atomic mass is 10.1. The second kappa shape index (κ2) is 6.49. The molecule has 2 fully saturated rings. The Balaban J connectivity index is 1.37. The molecule has 2 aliphatic rings. The van der Waals surface area contributed by atoms with Crippen molar-refractivity contribution in [1.29, 1.82) is 0 Å². The van der Waals surface area contributed by atoms with Crippen molar-refractivity contribution in [2.75, 3.05) is 32.7 Å². The van der Waals surface area contributed by atoms with Gasteiger partial charge in [-0.15, -0.1) is 0 Å². The highest BCUT2D eigenvalue weighted by atomic mass is 15.1. The van der Waals surface area contributed by atoms with Crippen LogP contribution in [0.3, 0.4) is 0 Å². The van der Waals surface area contributed by atoms with Gasteiger partial charge in [-0.3, -0.25) is 0 Å². The lowest BCUT2D eigenvalue weighted by molar-refractivity contribution is 0.225. The molecule has 0 bridgehead atoms. The first-order chi connectivity index (χ1) is 7.45. The molecule has 0 radical (unpaired) electrons. The van der Waals surface area contributed by atoms with Crippen LogP contribution < -0.4 is 5.32 Å². The third kappa shape index (κ3) is 4.98. The standard InChI is InChI=1S/C13H26N2/c1-2-10-15(11-3-1)12-4-8-14-9-7-13-5-6-13/h13-14H,1-12H2. The van der Waals surface area contributed by atoms with Gasteiger partial charge in [0.15, 0.2) is 0 Å². The lowest BCUT2D eigenvalue weighted by Crippen LogP contribution is -2.32. The van der Waals surface area contributed by atoms with Crippen molar-refractivity contribution in [3.8, 4) is 0 Å². The molecular weight excluding hydrogens is 184 g/mol. The molecule has 0 unspecified atom stereocenters. The van der Waals surface area contributed by atoms with Crippen LogP contribution in [0.2, 0.25) is 0 Å². The summed E-state index contributed by atoms with van der Waals surface area (Å²) in [5.74, 6) is 1.08. The van der Waals surface area contributed by atoms with E-state index in [2.05, 4.69) is 10.2 Å². The Labute approximate surface area is 94.4 Å². The van der Waals surface area contributed by atoms with Crippen molar-refractivity contribution >= 4 is 0 Å². The number of hydrogen-bond donors (Lipinski definition) is 1. The molecule has 1 N–H and O–H groups in total. The Hall–Kier alpha value is -0.0800. The van der Waals surface area contributed by atoms with Crippen molar-refractivity contribution in [1.82, 2.24) is 10.2 Å². The van der Waals surface area contributed by atoms with Crippen LogP contribution in [0.5, 0.6) is 0 Å². The molecule has 1 aliphatic heterocycles. The molecule has 1 saturated carbocycles. The van der Waals surface area contributed by atoms with E-state index in [1.807, 2.05) is 0 Å². The van der Waals surface area contributed by atoms with Gasteiger partial charge in [0.25, 0.3) is 0 Å². The van der Waals surface area contributed by atoms with Crippen LogP contribution in [0.4, 0.5) is 0 Å².